The van der Waals surface area contributed by atoms with Gasteiger partial charge in [0.25, 0.3) is 0 Å². The second kappa shape index (κ2) is 6.23. The van der Waals surface area contributed by atoms with Crippen LogP contribution < -0.4 is 4.72 Å². The van der Waals surface area contributed by atoms with Crippen LogP contribution in [-0.2, 0) is 20.6 Å². The molecule has 0 radical (unpaired) electrons. The molecule has 7 nitrogen and oxygen atoms in total. The van der Waals surface area contributed by atoms with Gasteiger partial charge in [-0.3, -0.25) is 4.79 Å². The quantitative estimate of drug-likeness (QED) is 0.801. The Labute approximate surface area is 122 Å². The molecule has 0 saturated heterocycles. The van der Waals surface area contributed by atoms with Crippen LogP contribution in [0.3, 0.4) is 0 Å². The van der Waals surface area contributed by atoms with Gasteiger partial charge in [-0.1, -0.05) is 30.6 Å². The highest BCUT2D eigenvalue weighted by molar-refractivity contribution is 7.88. The van der Waals surface area contributed by atoms with E-state index in [-0.39, 0.29) is 12.1 Å². The standard InChI is InChI=1S/C13H16N2O5S/c1-2-5-10(13(16)17)15-21(18,19)8-11-9-6-3-4-7-12(9)20-14-11/h3-4,6-7,10,15H,2,5,8H2,1H3,(H,16,17). The third-order valence-electron chi connectivity index (χ3n) is 2.98. The first-order chi connectivity index (χ1) is 9.93. The summed E-state index contributed by atoms with van der Waals surface area (Å²) < 4.78 is 31.4. The number of rotatable bonds is 7. The van der Waals surface area contributed by atoms with Crippen molar-refractivity contribution in [2.24, 2.45) is 0 Å². The van der Waals surface area contributed by atoms with Crippen LogP contribution in [0.5, 0.6) is 0 Å². The summed E-state index contributed by atoms with van der Waals surface area (Å²) in [7, 11) is -3.82. The van der Waals surface area contributed by atoms with Gasteiger partial charge in [0.1, 0.15) is 17.5 Å². The van der Waals surface area contributed by atoms with E-state index in [0.717, 1.165) is 0 Å². The van der Waals surface area contributed by atoms with Crippen molar-refractivity contribution >= 4 is 27.0 Å². The Kier molecular flexibility index (Phi) is 4.59. The van der Waals surface area contributed by atoms with Gasteiger partial charge >= 0.3 is 5.97 Å². The van der Waals surface area contributed by atoms with Crippen molar-refractivity contribution in [3.63, 3.8) is 0 Å². The minimum Gasteiger partial charge on any atom is -0.480 e. The summed E-state index contributed by atoms with van der Waals surface area (Å²) in [5, 5.41) is 13.3. The van der Waals surface area contributed by atoms with Crippen LogP contribution in [0.1, 0.15) is 25.5 Å². The van der Waals surface area contributed by atoms with Crippen molar-refractivity contribution in [1.82, 2.24) is 9.88 Å². The van der Waals surface area contributed by atoms with Gasteiger partial charge in [0, 0.05) is 5.39 Å². The van der Waals surface area contributed by atoms with Gasteiger partial charge in [0.05, 0.1) is 0 Å². The van der Waals surface area contributed by atoms with Crippen molar-refractivity contribution in [2.75, 3.05) is 0 Å². The summed E-state index contributed by atoms with van der Waals surface area (Å²) in [5.41, 5.74) is 0.754. The van der Waals surface area contributed by atoms with Gasteiger partial charge in [0.2, 0.25) is 10.0 Å². The molecule has 0 aliphatic rings. The van der Waals surface area contributed by atoms with E-state index in [1.54, 1.807) is 31.2 Å². The number of aromatic nitrogens is 1. The molecule has 1 heterocycles. The molecule has 2 N–H and O–H groups in total. The van der Waals surface area contributed by atoms with E-state index in [0.29, 0.717) is 17.4 Å². The van der Waals surface area contributed by atoms with Gasteiger partial charge in [-0.25, -0.2) is 13.1 Å². The van der Waals surface area contributed by atoms with E-state index >= 15 is 0 Å². The first kappa shape index (κ1) is 15.5. The maximum absolute atomic E-state index is 12.1. The van der Waals surface area contributed by atoms with E-state index in [1.165, 1.54) is 0 Å². The fourth-order valence-corrected chi connectivity index (χ4v) is 3.31. The zero-order chi connectivity index (χ0) is 15.5. The number of benzene rings is 1. The number of hydrogen-bond acceptors (Lipinski definition) is 5. The van der Waals surface area contributed by atoms with Crippen LogP contribution in [0, 0.1) is 0 Å². The fourth-order valence-electron chi connectivity index (χ4n) is 2.00. The number of fused-ring (bicyclic) bond motifs is 1. The zero-order valence-electron chi connectivity index (χ0n) is 11.4. The number of carboxylic acid groups (broad SMARTS) is 1. The molecule has 21 heavy (non-hydrogen) atoms. The van der Waals surface area contributed by atoms with Crippen LogP contribution in [0.25, 0.3) is 11.0 Å². The maximum Gasteiger partial charge on any atom is 0.321 e. The van der Waals surface area contributed by atoms with E-state index in [4.69, 9.17) is 9.63 Å². The zero-order valence-corrected chi connectivity index (χ0v) is 12.3. The lowest BCUT2D eigenvalue weighted by Gasteiger charge is -2.13. The van der Waals surface area contributed by atoms with E-state index in [2.05, 4.69) is 9.88 Å². The molecule has 0 aliphatic carbocycles. The molecule has 0 bridgehead atoms. The van der Waals surface area contributed by atoms with Gasteiger partial charge in [-0.05, 0) is 18.6 Å². The van der Waals surface area contributed by atoms with Crippen LogP contribution in [0.15, 0.2) is 28.8 Å². The first-order valence-corrected chi connectivity index (χ1v) is 8.14. The molecule has 8 heteroatoms. The van der Waals surface area contributed by atoms with Gasteiger partial charge in [-0.15, -0.1) is 0 Å². The summed E-state index contributed by atoms with van der Waals surface area (Å²) in [6.45, 7) is 1.79. The lowest BCUT2D eigenvalue weighted by molar-refractivity contribution is -0.139. The molecule has 114 valence electrons. The molecular formula is C13H16N2O5S. The molecule has 1 aromatic carbocycles. The Hall–Kier alpha value is -1.93. The molecule has 0 saturated carbocycles. The van der Waals surface area contributed by atoms with Crippen LogP contribution in [-0.4, -0.2) is 30.7 Å². The highest BCUT2D eigenvalue weighted by Gasteiger charge is 2.25. The number of carboxylic acids is 1. The highest BCUT2D eigenvalue weighted by atomic mass is 32.2. The van der Waals surface area contributed by atoms with Crippen molar-refractivity contribution in [3.8, 4) is 0 Å². The van der Waals surface area contributed by atoms with Crippen LogP contribution in [0.4, 0.5) is 0 Å². The summed E-state index contributed by atoms with van der Waals surface area (Å²) in [4.78, 5) is 11.0. The molecule has 1 unspecified atom stereocenters. The summed E-state index contributed by atoms with van der Waals surface area (Å²) in [5.74, 6) is -1.61. The molecule has 1 aromatic heterocycles. The minimum atomic E-state index is -3.82. The average molecular weight is 312 g/mol. The first-order valence-electron chi connectivity index (χ1n) is 6.49. The van der Waals surface area contributed by atoms with Gasteiger partial charge in [-0.2, -0.15) is 0 Å². The van der Waals surface area contributed by atoms with E-state index < -0.39 is 27.8 Å². The Morgan fingerprint density at radius 2 is 2.14 bits per heavy atom. The summed E-state index contributed by atoms with van der Waals surface area (Å²) in [6, 6.07) is 5.77. The number of carbonyl (C=O) groups is 1. The molecule has 0 aliphatic heterocycles. The van der Waals surface area contributed by atoms with Crippen molar-refractivity contribution < 1.29 is 22.8 Å². The van der Waals surface area contributed by atoms with Crippen LogP contribution in [0.2, 0.25) is 0 Å². The largest absolute Gasteiger partial charge is 0.480 e. The van der Waals surface area contributed by atoms with Crippen molar-refractivity contribution in [1.29, 1.82) is 0 Å². The minimum absolute atomic E-state index is 0.230. The van der Waals surface area contributed by atoms with Crippen molar-refractivity contribution in [3.05, 3.63) is 30.0 Å². The van der Waals surface area contributed by atoms with Crippen LogP contribution >= 0.6 is 0 Å². The van der Waals surface area contributed by atoms with E-state index in [9.17, 15) is 13.2 Å². The maximum atomic E-state index is 12.1. The molecule has 1 atom stereocenters. The molecule has 0 spiro atoms. The van der Waals surface area contributed by atoms with E-state index in [1.807, 2.05) is 0 Å². The fraction of sp³-hybridized carbons (Fsp3) is 0.385. The summed E-state index contributed by atoms with van der Waals surface area (Å²) >= 11 is 0. The predicted molar refractivity (Wildman–Crippen MR) is 76.1 cm³/mol. The van der Waals surface area contributed by atoms with Gasteiger partial charge in [0.15, 0.2) is 5.58 Å². The smallest absolute Gasteiger partial charge is 0.321 e. The molecule has 0 amide bonds. The SMILES string of the molecule is CCCC(NS(=O)(=O)Cc1noc2ccccc12)C(=O)O. The predicted octanol–water partition coefficient (Wildman–Crippen LogP) is 1.50. The molecule has 2 aromatic rings. The van der Waals surface area contributed by atoms with Crippen molar-refractivity contribution in [2.45, 2.75) is 31.6 Å². The second-order valence-corrected chi connectivity index (χ2v) is 6.44. The number of sulfonamides is 1. The average Bonchev–Trinajstić information content (AvgIpc) is 2.81. The Balaban J connectivity index is 2.19. The highest BCUT2D eigenvalue weighted by Crippen LogP contribution is 2.19. The molecule has 0 fully saturated rings. The second-order valence-electron chi connectivity index (χ2n) is 4.68. The number of para-hydroxylation sites is 1. The number of nitrogens with zero attached hydrogens (tertiary/aromatic N) is 1. The third kappa shape index (κ3) is 3.79. The lowest BCUT2D eigenvalue weighted by atomic mass is 10.2. The summed E-state index contributed by atoms with van der Waals surface area (Å²) in [6.07, 6.45) is 0.792. The number of aliphatic carboxylic acids is 1. The number of nitrogens with one attached hydrogen (secondary N) is 1. The van der Waals surface area contributed by atoms with Gasteiger partial charge < -0.3 is 9.63 Å². The molecule has 2 rings (SSSR count). The lowest BCUT2D eigenvalue weighted by Crippen LogP contribution is -2.41. The Morgan fingerprint density at radius 3 is 2.81 bits per heavy atom. The molecular weight excluding hydrogens is 296 g/mol. The number of hydrogen-bond donors (Lipinski definition) is 2. The Bertz CT molecular complexity index is 738. The Morgan fingerprint density at radius 1 is 1.43 bits per heavy atom. The normalized spacial score (nSPS) is 13.4. The third-order valence-corrected chi connectivity index (χ3v) is 4.27. The topological polar surface area (TPSA) is 110 Å². The monoisotopic (exact) mass is 312 g/mol.